The van der Waals surface area contributed by atoms with Crippen LogP contribution in [0, 0.1) is 5.92 Å². The molecule has 0 saturated carbocycles. The van der Waals surface area contributed by atoms with Crippen LogP contribution in [0.5, 0.6) is 5.75 Å². The second-order valence-corrected chi connectivity index (χ2v) is 6.90. The standard InChI is InChI=1S/C17H25N3O3.ClH/c1-10(2)15(18)16(22)19-9-14(21)20-12-5-6-13-11(7-12)8-17(3,4)23-13;/h5-7,10,15H,8-9,18H2,1-4H3,(H,19,22)(H,20,21);1H/t15-;/m0./s1. The highest BCUT2D eigenvalue weighted by atomic mass is 35.5. The van der Waals surface area contributed by atoms with E-state index in [1.807, 2.05) is 39.8 Å². The molecule has 0 aliphatic carbocycles. The number of anilines is 1. The number of fused-ring (bicyclic) bond motifs is 1. The zero-order chi connectivity index (χ0) is 17.2. The van der Waals surface area contributed by atoms with Gasteiger partial charge < -0.3 is 21.1 Å². The molecule has 0 spiro atoms. The van der Waals surface area contributed by atoms with Crippen LogP contribution in [0.2, 0.25) is 0 Å². The van der Waals surface area contributed by atoms with E-state index in [-0.39, 0.29) is 42.3 Å². The molecule has 0 aromatic heterocycles. The summed E-state index contributed by atoms with van der Waals surface area (Å²) < 4.78 is 5.80. The zero-order valence-electron chi connectivity index (χ0n) is 14.5. The highest BCUT2D eigenvalue weighted by Gasteiger charge is 2.30. The lowest BCUT2D eigenvalue weighted by molar-refractivity contribution is -0.125. The van der Waals surface area contributed by atoms with Crippen LogP contribution < -0.4 is 21.1 Å². The summed E-state index contributed by atoms with van der Waals surface area (Å²) in [5, 5.41) is 5.32. The first-order chi connectivity index (χ1) is 10.7. The van der Waals surface area contributed by atoms with E-state index < -0.39 is 6.04 Å². The first-order valence-corrected chi connectivity index (χ1v) is 7.83. The first-order valence-electron chi connectivity index (χ1n) is 7.83. The summed E-state index contributed by atoms with van der Waals surface area (Å²) in [5.74, 6) is 0.272. The molecule has 1 aromatic rings. The number of nitrogens with two attached hydrogens (primary N) is 1. The quantitative estimate of drug-likeness (QED) is 0.751. The van der Waals surface area contributed by atoms with E-state index in [1.165, 1.54) is 0 Å². The minimum atomic E-state index is -0.609. The Morgan fingerprint density at radius 2 is 2.00 bits per heavy atom. The molecule has 6 nitrogen and oxygen atoms in total. The fourth-order valence-electron chi connectivity index (χ4n) is 2.48. The second kappa shape index (κ2) is 7.85. The Morgan fingerprint density at radius 1 is 1.33 bits per heavy atom. The zero-order valence-corrected chi connectivity index (χ0v) is 15.3. The second-order valence-electron chi connectivity index (χ2n) is 6.90. The number of carbonyl (C=O) groups is 2. The van der Waals surface area contributed by atoms with Crippen molar-refractivity contribution in [2.75, 3.05) is 11.9 Å². The van der Waals surface area contributed by atoms with Gasteiger partial charge in [0.15, 0.2) is 0 Å². The van der Waals surface area contributed by atoms with E-state index >= 15 is 0 Å². The smallest absolute Gasteiger partial charge is 0.243 e. The minimum Gasteiger partial charge on any atom is -0.487 e. The Hall–Kier alpha value is -1.79. The van der Waals surface area contributed by atoms with E-state index in [9.17, 15) is 9.59 Å². The maximum absolute atomic E-state index is 11.9. The van der Waals surface area contributed by atoms with Crippen molar-refractivity contribution in [3.63, 3.8) is 0 Å². The third-order valence-corrected chi connectivity index (χ3v) is 3.79. The molecular formula is C17H26ClN3O3. The Kier molecular flexibility index (Phi) is 6.63. The van der Waals surface area contributed by atoms with Crippen LogP contribution in [0.25, 0.3) is 0 Å². The lowest BCUT2D eigenvalue weighted by Crippen LogP contribution is -2.46. The van der Waals surface area contributed by atoms with Crippen LogP contribution in [0.4, 0.5) is 5.69 Å². The number of hydrogen-bond acceptors (Lipinski definition) is 4. The summed E-state index contributed by atoms with van der Waals surface area (Å²) in [5.41, 5.74) is 7.27. The fraction of sp³-hybridized carbons (Fsp3) is 0.529. The molecule has 7 heteroatoms. The van der Waals surface area contributed by atoms with E-state index in [4.69, 9.17) is 10.5 Å². The molecule has 24 heavy (non-hydrogen) atoms. The summed E-state index contributed by atoms with van der Waals surface area (Å²) in [6.45, 7) is 7.67. The molecule has 1 aliphatic rings. The van der Waals surface area contributed by atoms with Gasteiger partial charge in [0.1, 0.15) is 11.4 Å². The maximum atomic E-state index is 11.9. The number of nitrogens with one attached hydrogen (secondary N) is 2. The van der Waals surface area contributed by atoms with Crippen molar-refractivity contribution in [3.8, 4) is 5.75 Å². The van der Waals surface area contributed by atoms with Crippen molar-refractivity contribution in [2.45, 2.75) is 45.8 Å². The largest absolute Gasteiger partial charge is 0.487 e. The topological polar surface area (TPSA) is 93.5 Å². The molecular weight excluding hydrogens is 330 g/mol. The van der Waals surface area contributed by atoms with Gasteiger partial charge in [-0.3, -0.25) is 9.59 Å². The third kappa shape index (κ3) is 5.11. The van der Waals surface area contributed by atoms with E-state index in [0.717, 1.165) is 17.7 Å². The highest BCUT2D eigenvalue weighted by molar-refractivity contribution is 5.95. The molecule has 0 bridgehead atoms. The fourth-order valence-corrected chi connectivity index (χ4v) is 2.48. The highest BCUT2D eigenvalue weighted by Crippen LogP contribution is 2.36. The normalized spacial score (nSPS) is 15.8. The van der Waals surface area contributed by atoms with Gasteiger partial charge >= 0.3 is 0 Å². The third-order valence-electron chi connectivity index (χ3n) is 3.79. The monoisotopic (exact) mass is 355 g/mol. The molecule has 0 saturated heterocycles. The van der Waals surface area contributed by atoms with Crippen molar-refractivity contribution in [1.82, 2.24) is 5.32 Å². The summed E-state index contributed by atoms with van der Waals surface area (Å²) in [4.78, 5) is 23.7. The van der Waals surface area contributed by atoms with Crippen LogP contribution in [0.15, 0.2) is 18.2 Å². The van der Waals surface area contributed by atoms with Gasteiger partial charge in [0.2, 0.25) is 11.8 Å². The van der Waals surface area contributed by atoms with Crippen molar-refractivity contribution >= 4 is 29.9 Å². The average Bonchev–Trinajstić information content (AvgIpc) is 2.76. The molecule has 0 fully saturated rings. The molecule has 1 aromatic carbocycles. The van der Waals surface area contributed by atoms with Crippen molar-refractivity contribution in [3.05, 3.63) is 23.8 Å². The van der Waals surface area contributed by atoms with Gasteiger partial charge in [0, 0.05) is 17.7 Å². The summed E-state index contributed by atoms with van der Waals surface area (Å²) in [6.07, 6.45) is 0.798. The number of carbonyl (C=O) groups excluding carboxylic acids is 2. The molecule has 2 amide bonds. The number of rotatable bonds is 5. The molecule has 1 aliphatic heterocycles. The SMILES string of the molecule is CC(C)[C@H](N)C(=O)NCC(=O)Nc1ccc2c(c1)CC(C)(C)O2.Cl. The Bertz CT molecular complexity index is 617. The predicted octanol–water partition coefficient (Wildman–Crippen LogP) is 1.86. The van der Waals surface area contributed by atoms with Gasteiger partial charge in [0.25, 0.3) is 0 Å². The molecule has 2 rings (SSSR count). The number of halogens is 1. The average molecular weight is 356 g/mol. The van der Waals surface area contributed by atoms with Gasteiger partial charge in [0.05, 0.1) is 12.6 Å². The van der Waals surface area contributed by atoms with Gasteiger partial charge in [-0.25, -0.2) is 0 Å². The van der Waals surface area contributed by atoms with Gasteiger partial charge in [-0.05, 0) is 38.0 Å². The molecule has 1 heterocycles. The molecule has 1 atom stereocenters. The summed E-state index contributed by atoms with van der Waals surface area (Å²) in [7, 11) is 0. The predicted molar refractivity (Wildman–Crippen MR) is 96.6 cm³/mol. The van der Waals surface area contributed by atoms with Gasteiger partial charge in [-0.15, -0.1) is 12.4 Å². The number of hydrogen-bond donors (Lipinski definition) is 3. The van der Waals surface area contributed by atoms with Crippen LogP contribution in [-0.2, 0) is 16.0 Å². The molecule has 0 unspecified atom stereocenters. The molecule has 4 N–H and O–H groups in total. The lowest BCUT2D eigenvalue weighted by atomic mass is 10.0. The van der Waals surface area contributed by atoms with E-state index in [2.05, 4.69) is 10.6 Å². The lowest BCUT2D eigenvalue weighted by Gasteiger charge is -2.16. The van der Waals surface area contributed by atoms with Crippen LogP contribution >= 0.6 is 12.4 Å². The maximum Gasteiger partial charge on any atom is 0.243 e. The Labute approximate surface area is 148 Å². The first kappa shape index (κ1) is 20.3. The Balaban J connectivity index is 0.00000288. The van der Waals surface area contributed by atoms with Gasteiger partial charge in [-0.1, -0.05) is 13.8 Å². The molecule has 134 valence electrons. The van der Waals surface area contributed by atoms with Gasteiger partial charge in [-0.2, -0.15) is 0 Å². The van der Waals surface area contributed by atoms with Crippen molar-refractivity contribution in [2.24, 2.45) is 11.7 Å². The summed E-state index contributed by atoms with van der Waals surface area (Å²) >= 11 is 0. The minimum absolute atomic E-state index is 0. The summed E-state index contributed by atoms with van der Waals surface area (Å²) in [6, 6.07) is 4.94. The van der Waals surface area contributed by atoms with Crippen LogP contribution in [0.1, 0.15) is 33.3 Å². The van der Waals surface area contributed by atoms with Crippen LogP contribution in [-0.4, -0.2) is 30.0 Å². The van der Waals surface area contributed by atoms with Crippen LogP contribution in [0.3, 0.4) is 0 Å². The van der Waals surface area contributed by atoms with E-state index in [0.29, 0.717) is 5.69 Å². The number of amides is 2. The molecule has 0 radical (unpaired) electrons. The number of benzene rings is 1. The van der Waals surface area contributed by atoms with Crippen molar-refractivity contribution < 1.29 is 14.3 Å². The Morgan fingerprint density at radius 3 is 2.62 bits per heavy atom. The number of ether oxygens (including phenoxy) is 1. The van der Waals surface area contributed by atoms with Crippen molar-refractivity contribution in [1.29, 1.82) is 0 Å². The van der Waals surface area contributed by atoms with E-state index in [1.54, 1.807) is 6.07 Å².